The molecule has 0 atom stereocenters. The quantitative estimate of drug-likeness (QED) is 0.729. The van der Waals surface area contributed by atoms with Crippen molar-refractivity contribution in [2.24, 2.45) is 0 Å². The Labute approximate surface area is 113 Å². The normalized spacial score (nSPS) is 12.7. The zero-order valence-electron chi connectivity index (χ0n) is 11.5. The van der Waals surface area contributed by atoms with Gasteiger partial charge in [-0.2, -0.15) is 0 Å². The van der Waals surface area contributed by atoms with E-state index >= 15 is 0 Å². The maximum atomic E-state index is 5.76. The van der Waals surface area contributed by atoms with Gasteiger partial charge in [-0.25, -0.2) is 0 Å². The van der Waals surface area contributed by atoms with Crippen molar-refractivity contribution in [1.29, 1.82) is 0 Å². The molecule has 0 bridgehead atoms. The minimum Gasteiger partial charge on any atom is -0.493 e. The number of rotatable bonds is 8. The van der Waals surface area contributed by atoms with Crippen molar-refractivity contribution in [3.8, 4) is 17.2 Å². The molecule has 1 N–H and O–H groups in total. The van der Waals surface area contributed by atoms with Crippen LogP contribution in [0.4, 0.5) is 0 Å². The Hall–Kier alpha value is -1.46. The smallest absolute Gasteiger partial charge is 0.231 e. The first-order valence-corrected chi connectivity index (χ1v) is 6.60. The molecule has 1 aliphatic rings. The lowest BCUT2D eigenvalue weighted by molar-refractivity contribution is 0.173. The summed E-state index contributed by atoms with van der Waals surface area (Å²) in [6.45, 7) is 5.28. The Morgan fingerprint density at radius 3 is 2.74 bits per heavy atom. The first-order valence-electron chi connectivity index (χ1n) is 6.60. The summed E-state index contributed by atoms with van der Waals surface area (Å²) in [7, 11) is 1.69. The lowest BCUT2D eigenvalue weighted by Crippen LogP contribution is -2.19. The average molecular weight is 267 g/mol. The molecule has 5 heteroatoms. The van der Waals surface area contributed by atoms with Crippen molar-refractivity contribution in [2.45, 2.75) is 19.9 Å². The van der Waals surface area contributed by atoms with Crippen LogP contribution in [0.25, 0.3) is 0 Å². The van der Waals surface area contributed by atoms with Gasteiger partial charge in [0.05, 0.1) is 13.2 Å². The van der Waals surface area contributed by atoms with Crippen LogP contribution in [0.1, 0.15) is 18.9 Å². The van der Waals surface area contributed by atoms with E-state index in [1.165, 1.54) is 0 Å². The zero-order chi connectivity index (χ0) is 13.5. The van der Waals surface area contributed by atoms with Crippen LogP contribution in [0.3, 0.4) is 0 Å². The van der Waals surface area contributed by atoms with Gasteiger partial charge in [-0.05, 0) is 12.5 Å². The molecule has 0 fully saturated rings. The van der Waals surface area contributed by atoms with Gasteiger partial charge in [0, 0.05) is 31.8 Å². The highest BCUT2D eigenvalue weighted by Crippen LogP contribution is 2.38. The Kier molecular flexibility index (Phi) is 5.30. The number of nitrogens with one attached hydrogen (secondary N) is 1. The van der Waals surface area contributed by atoms with Crippen LogP contribution in [-0.4, -0.2) is 33.7 Å². The van der Waals surface area contributed by atoms with Gasteiger partial charge in [0.2, 0.25) is 6.79 Å². The van der Waals surface area contributed by atoms with Crippen LogP contribution < -0.4 is 19.5 Å². The highest BCUT2D eigenvalue weighted by atomic mass is 16.7. The topological polar surface area (TPSA) is 49.0 Å². The molecule has 0 radical (unpaired) electrons. The Balaban J connectivity index is 2.05. The monoisotopic (exact) mass is 267 g/mol. The van der Waals surface area contributed by atoms with Crippen LogP contribution in [0.15, 0.2) is 12.1 Å². The van der Waals surface area contributed by atoms with Gasteiger partial charge in [0.25, 0.3) is 0 Å². The van der Waals surface area contributed by atoms with E-state index in [1.54, 1.807) is 7.11 Å². The third-order valence-electron chi connectivity index (χ3n) is 2.82. The molecule has 0 saturated heterocycles. The number of methoxy groups -OCH3 is 1. The fourth-order valence-electron chi connectivity index (χ4n) is 1.85. The molecule has 19 heavy (non-hydrogen) atoms. The number of benzene rings is 1. The highest BCUT2D eigenvalue weighted by molar-refractivity contribution is 5.51. The second-order valence-corrected chi connectivity index (χ2v) is 4.33. The van der Waals surface area contributed by atoms with E-state index in [2.05, 4.69) is 12.2 Å². The largest absolute Gasteiger partial charge is 0.493 e. The fourth-order valence-corrected chi connectivity index (χ4v) is 1.85. The first kappa shape index (κ1) is 14.0. The molecule has 0 aromatic heterocycles. The summed E-state index contributed by atoms with van der Waals surface area (Å²) in [6.07, 6.45) is 0.977. The van der Waals surface area contributed by atoms with E-state index in [1.807, 2.05) is 12.1 Å². The van der Waals surface area contributed by atoms with E-state index in [9.17, 15) is 0 Å². The highest BCUT2D eigenvalue weighted by Gasteiger charge is 2.17. The van der Waals surface area contributed by atoms with Gasteiger partial charge in [0.1, 0.15) is 5.75 Å². The molecule has 0 spiro atoms. The summed E-state index contributed by atoms with van der Waals surface area (Å²) in [4.78, 5) is 0. The maximum Gasteiger partial charge on any atom is 0.231 e. The molecule has 1 aromatic rings. The van der Waals surface area contributed by atoms with E-state index in [-0.39, 0.29) is 6.79 Å². The lowest BCUT2D eigenvalue weighted by atomic mass is 10.1. The predicted molar refractivity (Wildman–Crippen MR) is 71.9 cm³/mol. The standard InChI is InChI=1S/C14H21NO4/c1-3-5-17-12-8-14-13(18-10-19-14)7-11(12)9-15-4-6-16-2/h7-8,15H,3-6,9-10H2,1-2H3. The fraction of sp³-hybridized carbons (Fsp3) is 0.571. The number of ether oxygens (including phenoxy) is 4. The summed E-state index contributed by atoms with van der Waals surface area (Å²) in [5.74, 6) is 2.40. The first-order chi connectivity index (χ1) is 9.35. The second-order valence-electron chi connectivity index (χ2n) is 4.33. The van der Waals surface area contributed by atoms with Gasteiger partial charge in [0.15, 0.2) is 11.5 Å². The molecule has 1 heterocycles. The Morgan fingerprint density at radius 1 is 1.21 bits per heavy atom. The molecule has 5 nitrogen and oxygen atoms in total. The molecule has 106 valence electrons. The molecule has 0 aliphatic carbocycles. The Bertz CT molecular complexity index is 409. The average Bonchev–Trinajstić information content (AvgIpc) is 2.88. The van der Waals surface area contributed by atoms with Gasteiger partial charge in [-0.1, -0.05) is 6.92 Å². The van der Waals surface area contributed by atoms with Crippen LogP contribution in [0.5, 0.6) is 17.2 Å². The van der Waals surface area contributed by atoms with E-state index in [4.69, 9.17) is 18.9 Å². The minimum atomic E-state index is 0.281. The van der Waals surface area contributed by atoms with Crippen molar-refractivity contribution >= 4 is 0 Å². The van der Waals surface area contributed by atoms with Gasteiger partial charge in [-0.15, -0.1) is 0 Å². The summed E-state index contributed by atoms with van der Waals surface area (Å²) >= 11 is 0. The van der Waals surface area contributed by atoms with Gasteiger partial charge >= 0.3 is 0 Å². The minimum absolute atomic E-state index is 0.281. The Morgan fingerprint density at radius 2 is 2.00 bits per heavy atom. The zero-order valence-corrected chi connectivity index (χ0v) is 11.5. The van der Waals surface area contributed by atoms with Crippen LogP contribution >= 0.6 is 0 Å². The molecule has 2 rings (SSSR count). The summed E-state index contributed by atoms with van der Waals surface area (Å²) in [5.41, 5.74) is 1.08. The van der Waals surface area contributed by atoms with Crippen LogP contribution in [0.2, 0.25) is 0 Å². The molecule has 1 aromatic carbocycles. The third-order valence-corrected chi connectivity index (χ3v) is 2.82. The summed E-state index contributed by atoms with van der Waals surface area (Å²) in [6, 6.07) is 3.89. The van der Waals surface area contributed by atoms with Crippen molar-refractivity contribution < 1.29 is 18.9 Å². The lowest BCUT2D eigenvalue weighted by Gasteiger charge is -2.13. The number of hydrogen-bond donors (Lipinski definition) is 1. The molecule has 0 unspecified atom stereocenters. The van der Waals surface area contributed by atoms with E-state index < -0.39 is 0 Å². The number of hydrogen-bond acceptors (Lipinski definition) is 5. The SMILES string of the molecule is CCCOc1cc2c(cc1CNCCOC)OCO2. The van der Waals surface area contributed by atoms with E-state index in [0.29, 0.717) is 13.2 Å². The molecular formula is C14H21NO4. The van der Waals surface area contributed by atoms with Gasteiger partial charge < -0.3 is 24.3 Å². The summed E-state index contributed by atoms with van der Waals surface area (Å²) in [5, 5.41) is 3.31. The molecule has 0 amide bonds. The molecular weight excluding hydrogens is 246 g/mol. The third kappa shape index (κ3) is 3.75. The molecule has 1 aliphatic heterocycles. The van der Waals surface area contributed by atoms with Crippen LogP contribution in [-0.2, 0) is 11.3 Å². The maximum absolute atomic E-state index is 5.76. The van der Waals surface area contributed by atoms with Crippen molar-refractivity contribution in [2.75, 3.05) is 33.7 Å². The molecule has 0 saturated carbocycles. The van der Waals surface area contributed by atoms with Crippen molar-refractivity contribution in [3.63, 3.8) is 0 Å². The van der Waals surface area contributed by atoms with Gasteiger partial charge in [-0.3, -0.25) is 0 Å². The second kappa shape index (κ2) is 7.21. The summed E-state index contributed by atoms with van der Waals surface area (Å²) < 4.78 is 21.5. The van der Waals surface area contributed by atoms with E-state index in [0.717, 1.165) is 42.3 Å². The van der Waals surface area contributed by atoms with Crippen molar-refractivity contribution in [3.05, 3.63) is 17.7 Å². The predicted octanol–water partition coefficient (Wildman–Crippen LogP) is 1.94. The van der Waals surface area contributed by atoms with Crippen molar-refractivity contribution in [1.82, 2.24) is 5.32 Å². The van der Waals surface area contributed by atoms with Crippen LogP contribution in [0, 0.1) is 0 Å². The number of fused-ring (bicyclic) bond motifs is 1.